The SMILES string of the molecule is CC.Cc1ccc2c(c1)Cc1[nH]c(C)nc1C2. The first-order chi connectivity index (χ1) is 8.22. The molecule has 0 fully saturated rings. The molecule has 0 unspecified atom stereocenters. The van der Waals surface area contributed by atoms with Gasteiger partial charge in [0.15, 0.2) is 0 Å². The molecule has 0 saturated carbocycles. The highest BCUT2D eigenvalue weighted by Gasteiger charge is 2.17. The van der Waals surface area contributed by atoms with Crippen LogP contribution in [-0.4, -0.2) is 9.97 Å². The number of fused-ring (bicyclic) bond motifs is 2. The lowest BCUT2D eigenvalue weighted by molar-refractivity contribution is 0.948. The van der Waals surface area contributed by atoms with Gasteiger partial charge in [0.1, 0.15) is 5.82 Å². The van der Waals surface area contributed by atoms with Gasteiger partial charge in [0, 0.05) is 18.5 Å². The molecule has 2 nitrogen and oxygen atoms in total. The summed E-state index contributed by atoms with van der Waals surface area (Å²) in [6, 6.07) is 6.70. The van der Waals surface area contributed by atoms with Crippen molar-refractivity contribution in [1.29, 1.82) is 0 Å². The molecule has 2 heteroatoms. The lowest BCUT2D eigenvalue weighted by atomic mass is 9.91. The van der Waals surface area contributed by atoms with Crippen molar-refractivity contribution >= 4 is 0 Å². The average molecular weight is 228 g/mol. The summed E-state index contributed by atoms with van der Waals surface area (Å²) in [4.78, 5) is 7.86. The lowest BCUT2D eigenvalue weighted by Crippen LogP contribution is -2.07. The van der Waals surface area contributed by atoms with Crippen LogP contribution in [0.5, 0.6) is 0 Å². The molecule has 1 N–H and O–H groups in total. The quantitative estimate of drug-likeness (QED) is 0.626. The monoisotopic (exact) mass is 228 g/mol. The zero-order valence-electron chi connectivity index (χ0n) is 11.1. The molecule has 3 rings (SSSR count). The summed E-state index contributed by atoms with van der Waals surface area (Å²) in [5.41, 5.74) is 6.74. The van der Waals surface area contributed by atoms with Gasteiger partial charge in [0.05, 0.1) is 5.69 Å². The molecule has 0 bridgehead atoms. The van der Waals surface area contributed by atoms with Crippen molar-refractivity contribution in [1.82, 2.24) is 9.97 Å². The maximum Gasteiger partial charge on any atom is 0.103 e. The first-order valence-electron chi connectivity index (χ1n) is 6.35. The largest absolute Gasteiger partial charge is 0.346 e. The van der Waals surface area contributed by atoms with Crippen molar-refractivity contribution in [2.45, 2.75) is 40.5 Å². The number of hydrogen-bond acceptors (Lipinski definition) is 1. The third-order valence-corrected chi connectivity index (χ3v) is 3.07. The molecule has 1 heterocycles. The second-order valence-electron chi connectivity index (χ2n) is 4.37. The molecule has 1 aromatic carbocycles. The fourth-order valence-electron chi connectivity index (χ4n) is 2.34. The van der Waals surface area contributed by atoms with Crippen molar-refractivity contribution in [2.75, 3.05) is 0 Å². The van der Waals surface area contributed by atoms with Crippen LogP contribution in [-0.2, 0) is 12.8 Å². The summed E-state index contributed by atoms with van der Waals surface area (Å²) in [6.45, 7) is 8.17. The van der Waals surface area contributed by atoms with Crippen LogP contribution < -0.4 is 0 Å². The molecule has 0 aliphatic heterocycles. The summed E-state index contributed by atoms with van der Waals surface area (Å²) < 4.78 is 0. The number of nitrogens with zero attached hydrogens (tertiary/aromatic N) is 1. The van der Waals surface area contributed by atoms with Crippen LogP contribution in [0.3, 0.4) is 0 Å². The van der Waals surface area contributed by atoms with Gasteiger partial charge < -0.3 is 4.98 Å². The molecule has 0 amide bonds. The third-order valence-electron chi connectivity index (χ3n) is 3.07. The Labute approximate surface area is 103 Å². The predicted molar refractivity (Wildman–Crippen MR) is 71.5 cm³/mol. The van der Waals surface area contributed by atoms with E-state index < -0.39 is 0 Å². The number of aromatic amines is 1. The summed E-state index contributed by atoms with van der Waals surface area (Å²) in [6.07, 6.45) is 1.99. The standard InChI is InChI=1S/C13H14N2.C2H6/c1-8-3-4-10-6-12-13(7-11(10)5-8)15-9(2)14-12;1-2/h3-5H,6-7H2,1-2H3,(H,14,15);1-2H3. The molecule has 2 aromatic rings. The number of nitrogens with one attached hydrogen (secondary N) is 1. The van der Waals surface area contributed by atoms with Gasteiger partial charge in [-0.25, -0.2) is 4.98 Å². The van der Waals surface area contributed by atoms with Crippen molar-refractivity contribution < 1.29 is 0 Å². The molecule has 17 heavy (non-hydrogen) atoms. The van der Waals surface area contributed by atoms with E-state index in [0.29, 0.717) is 0 Å². The van der Waals surface area contributed by atoms with E-state index in [0.717, 1.165) is 18.7 Å². The molecule has 1 aliphatic rings. The zero-order valence-corrected chi connectivity index (χ0v) is 11.1. The predicted octanol–water partition coefficient (Wildman–Crippen LogP) is 3.55. The highest BCUT2D eigenvalue weighted by Crippen LogP contribution is 2.26. The van der Waals surface area contributed by atoms with Gasteiger partial charge in [-0.3, -0.25) is 0 Å². The molecule has 0 atom stereocenters. The van der Waals surface area contributed by atoms with E-state index in [2.05, 4.69) is 35.1 Å². The first-order valence-corrected chi connectivity index (χ1v) is 6.35. The smallest absolute Gasteiger partial charge is 0.103 e. The Bertz CT molecular complexity index is 524. The van der Waals surface area contributed by atoms with Crippen LogP contribution in [0.2, 0.25) is 0 Å². The van der Waals surface area contributed by atoms with Gasteiger partial charge >= 0.3 is 0 Å². The molecule has 0 saturated heterocycles. The Kier molecular flexibility index (Phi) is 3.32. The van der Waals surface area contributed by atoms with E-state index in [9.17, 15) is 0 Å². The zero-order chi connectivity index (χ0) is 12.4. The van der Waals surface area contributed by atoms with Crippen molar-refractivity contribution in [3.8, 4) is 0 Å². The topological polar surface area (TPSA) is 28.7 Å². The summed E-state index contributed by atoms with van der Waals surface area (Å²) >= 11 is 0. The minimum atomic E-state index is 0.981. The lowest BCUT2D eigenvalue weighted by Gasteiger charge is -2.15. The van der Waals surface area contributed by atoms with Crippen LogP contribution in [0.25, 0.3) is 0 Å². The third kappa shape index (κ3) is 2.26. The average Bonchev–Trinajstić information content (AvgIpc) is 2.68. The van der Waals surface area contributed by atoms with Crippen LogP contribution in [0.1, 0.15) is 47.8 Å². The highest BCUT2D eigenvalue weighted by atomic mass is 14.9. The molecule has 0 radical (unpaired) electrons. The molecule has 90 valence electrons. The van der Waals surface area contributed by atoms with Crippen LogP contribution >= 0.6 is 0 Å². The van der Waals surface area contributed by atoms with Crippen molar-refractivity contribution in [2.24, 2.45) is 0 Å². The minimum Gasteiger partial charge on any atom is -0.346 e. The van der Waals surface area contributed by atoms with Gasteiger partial charge in [0.25, 0.3) is 0 Å². The van der Waals surface area contributed by atoms with Gasteiger partial charge in [-0.05, 0) is 25.0 Å². The Morgan fingerprint density at radius 2 is 1.82 bits per heavy atom. The van der Waals surface area contributed by atoms with Gasteiger partial charge in [-0.2, -0.15) is 0 Å². The van der Waals surface area contributed by atoms with Gasteiger partial charge in [0.2, 0.25) is 0 Å². The van der Waals surface area contributed by atoms with Gasteiger partial charge in [-0.15, -0.1) is 0 Å². The first kappa shape index (κ1) is 11.9. The fourth-order valence-corrected chi connectivity index (χ4v) is 2.34. The van der Waals surface area contributed by atoms with E-state index in [-0.39, 0.29) is 0 Å². The number of hydrogen-bond donors (Lipinski definition) is 1. The number of aryl methyl sites for hydroxylation is 2. The summed E-state index contributed by atoms with van der Waals surface area (Å²) in [7, 11) is 0. The summed E-state index contributed by atoms with van der Waals surface area (Å²) in [5.74, 6) is 1.03. The maximum absolute atomic E-state index is 4.52. The molecule has 1 aromatic heterocycles. The molecular weight excluding hydrogens is 208 g/mol. The number of imidazole rings is 1. The van der Waals surface area contributed by atoms with Gasteiger partial charge in [-0.1, -0.05) is 37.6 Å². The van der Waals surface area contributed by atoms with Crippen LogP contribution in [0.15, 0.2) is 18.2 Å². The number of benzene rings is 1. The number of H-pyrrole nitrogens is 1. The molecule has 0 spiro atoms. The van der Waals surface area contributed by atoms with E-state index in [4.69, 9.17) is 0 Å². The number of rotatable bonds is 0. The summed E-state index contributed by atoms with van der Waals surface area (Å²) in [5, 5.41) is 0. The Morgan fingerprint density at radius 1 is 1.06 bits per heavy atom. The van der Waals surface area contributed by atoms with E-state index in [1.165, 1.54) is 28.1 Å². The van der Waals surface area contributed by atoms with E-state index in [1.807, 2.05) is 20.8 Å². The second kappa shape index (κ2) is 4.74. The second-order valence-corrected chi connectivity index (χ2v) is 4.37. The Hall–Kier alpha value is -1.57. The highest BCUT2D eigenvalue weighted by molar-refractivity contribution is 5.42. The van der Waals surface area contributed by atoms with Crippen molar-refractivity contribution in [3.05, 3.63) is 52.1 Å². The van der Waals surface area contributed by atoms with E-state index in [1.54, 1.807) is 0 Å². The Balaban J connectivity index is 0.000000514. The Morgan fingerprint density at radius 3 is 2.59 bits per heavy atom. The minimum absolute atomic E-state index is 0.981. The maximum atomic E-state index is 4.52. The molecular formula is C15H20N2. The normalized spacial score (nSPS) is 12.2. The molecule has 1 aliphatic carbocycles. The van der Waals surface area contributed by atoms with Crippen LogP contribution in [0, 0.1) is 13.8 Å². The van der Waals surface area contributed by atoms with Crippen LogP contribution in [0.4, 0.5) is 0 Å². The van der Waals surface area contributed by atoms with Crippen molar-refractivity contribution in [3.63, 3.8) is 0 Å². The van der Waals surface area contributed by atoms with E-state index >= 15 is 0 Å². The fraction of sp³-hybridized carbons (Fsp3) is 0.400. The number of aromatic nitrogens is 2.